The molecule has 1 aliphatic heterocycles. The first-order chi connectivity index (χ1) is 9.79. The SMILES string of the molecule is CN(CC1CCCCO1)c1nc(C(C)(C)C)c(C(=O)O)s1. The molecule has 0 bridgehead atoms. The van der Waals surface area contributed by atoms with Crippen LogP contribution in [0.15, 0.2) is 0 Å². The van der Waals surface area contributed by atoms with Crippen molar-refractivity contribution in [2.75, 3.05) is 25.1 Å². The van der Waals surface area contributed by atoms with E-state index < -0.39 is 5.97 Å². The van der Waals surface area contributed by atoms with Gasteiger partial charge in [-0.15, -0.1) is 0 Å². The highest BCUT2D eigenvalue weighted by Gasteiger charge is 2.28. The number of anilines is 1. The third kappa shape index (κ3) is 3.95. The van der Waals surface area contributed by atoms with E-state index in [9.17, 15) is 9.90 Å². The molecule has 2 heterocycles. The van der Waals surface area contributed by atoms with Gasteiger partial charge in [-0.3, -0.25) is 0 Å². The number of hydrogen-bond donors (Lipinski definition) is 1. The molecular weight excluding hydrogens is 288 g/mol. The smallest absolute Gasteiger partial charge is 0.347 e. The minimum Gasteiger partial charge on any atom is -0.477 e. The van der Waals surface area contributed by atoms with Gasteiger partial charge >= 0.3 is 5.97 Å². The van der Waals surface area contributed by atoms with Crippen molar-refractivity contribution in [2.45, 2.75) is 51.6 Å². The Morgan fingerprint density at radius 1 is 1.48 bits per heavy atom. The lowest BCUT2D eigenvalue weighted by Crippen LogP contribution is -2.33. The second-order valence-corrected chi connectivity index (χ2v) is 7.58. The number of aromatic carboxylic acids is 1. The van der Waals surface area contributed by atoms with Crippen molar-refractivity contribution in [1.29, 1.82) is 0 Å². The molecule has 0 spiro atoms. The fraction of sp³-hybridized carbons (Fsp3) is 0.733. The Labute approximate surface area is 129 Å². The average Bonchev–Trinajstić information content (AvgIpc) is 2.85. The molecule has 1 saturated heterocycles. The minimum atomic E-state index is -0.897. The van der Waals surface area contributed by atoms with E-state index in [4.69, 9.17) is 4.74 Å². The summed E-state index contributed by atoms with van der Waals surface area (Å²) in [6.45, 7) is 7.55. The van der Waals surface area contributed by atoms with Crippen molar-refractivity contribution in [2.24, 2.45) is 0 Å². The molecule has 5 nitrogen and oxygen atoms in total. The van der Waals surface area contributed by atoms with Gasteiger partial charge in [0.2, 0.25) is 0 Å². The van der Waals surface area contributed by atoms with Gasteiger partial charge in [0.1, 0.15) is 4.88 Å². The Morgan fingerprint density at radius 3 is 2.67 bits per heavy atom. The van der Waals surface area contributed by atoms with Gasteiger partial charge in [-0.2, -0.15) is 0 Å². The number of carboxylic acid groups (broad SMARTS) is 1. The number of carbonyl (C=O) groups is 1. The predicted molar refractivity (Wildman–Crippen MR) is 84.6 cm³/mol. The maximum Gasteiger partial charge on any atom is 0.347 e. The first kappa shape index (κ1) is 16.2. The van der Waals surface area contributed by atoms with Crippen LogP contribution >= 0.6 is 11.3 Å². The second-order valence-electron chi connectivity index (χ2n) is 6.60. The van der Waals surface area contributed by atoms with Crippen LogP contribution in [0, 0.1) is 0 Å². The summed E-state index contributed by atoms with van der Waals surface area (Å²) < 4.78 is 5.74. The monoisotopic (exact) mass is 312 g/mol. The largest absolute Gasteiger partial charge is 0.477 e. The van der Waals surface area contributed by atoms with Crippen LogP contribution in [0.4, 0.5) is 5.13 Å². The molecule has 2 rings (SSSR count). The highest BCUT2D eigenvalue weighted by Crippen LogP contribution is 2.33. The fourth-order valence-electron chi connectivity index (χ4n) is 2.46. The maximum atomic E-state index is 11.4. The van der Waals surface area contributed by atoms with E-state index in [2.05, 4.69) is 4.98 Å². The molecule has 0 amide bonds. The number of likely N-dealkylation sites (N-methyl/N-ethyl adjacent to an activating group) is 1. The number of hydrogen-bond acceptors (Lipinski definition) is 5. The van der Waals surface area contributed by atoms with Crippen LogP contribution in [-0.4, -0.2) is 42.4 Å². The number of rotatable bonds is 4. The molecule has 1 unspecified atom stereocenters. The first-order valence-corrected chi connectivity index (χ1v) is 8.18. The summed E-state index contributed by atoms with van der Waals surface area (Å²) in [5.41, 5.74) is 0.386. The first-order valence-electron chi connectivity index (χ1n) is 7.36. The van der Waals surface area contributed by atoms with Gasteiger partial charge in [-0.25, -0.2) is 9.78 Å². The minimum absolute atomic E-state index is 0.221. The third-order valence-electron chi connectivity index (χ3n) is 3.60. The number of thiazole rings is 1. The summed E-state index contributed by atoms with van der Waals surface area (Å²) in [6.07, 6.45) is 3.62. The number of ether oxygens (including phenoxy) is 1. The zero-order valence-electron chi connectivity index (χ0n) is 13.2. The van der Waals surface area contributed by atoms with E-state index in [0.717, 1.165) is 31.1 Å². The Hall–Kier alpha value is -1.14. The van der Waals surface area contributed by atoms with E-state index in [1.54, 1.807) is 0 Å². The summed E-state index contributed by atoms with van der Waals surface area (Å²) in [5, 5.41) is 10.1. The predicted octanol–water partition coefficient (Wildman–Crippen LogP) is 3.14. The van der Waals surface area contributed by atoms with Gasteiger partial charge in [0.25, 0.3) is 0 Å². The van der Waals surface area contributed by atoms with Crippen LogP contribution in [0.2, 0.25) is 0 Å². The van der Waals surface area contributed by atoms with Crippen LogP contribution < -0.4 is 4.90 Å². The highest BCUT2D eigenvalue weighted by molar-refractivity contribution is 7.17. The molecule has 0 aromatic carbocycles. The zero-order chi connectivity index (χ0) is 15.6. The number of aromatic nitrogens is 1. The maximum absolute atomic E-state index is 11.4. The number of nitrogens with zero attached hydrogens (tertiary/aromatic N) is 2. The van der Waals surface area contributed by atoms with Gasteiger partial charge in [0, 0.05) is 25.6 Å². The van der Waals surface area contributed by atoms with Crippen molar-refractivity contribution < 1.29 is 14.6 Å². The molecule has 1 fully saturated rings. The molecule has 1 aromatic rings. The van der Waals surface area contributed by atoms with Crippen LogP contribution in [0.5, 0.6) is 0 Å². The quantitative estimate of drug-likeness (QED) is 0.925. The van der Waals surface area contributed by atoms with Crippen LogP contribution in [0.3, 0.4) is 0 Å². The fourth-order valence-corrected chi connectivity index (χ4v) is 3.55. The average molecular weight is 312 g/mol. The third-order valence-corrected chi connectivity index (χ3v) is 4.76. The Kier molecular flexibility index (Phi) is 4.88. The molecule has 0 radical (unpaired) electrons. The molecule has 1 atom stereocenters. The van der Waals surface area contributed by atoms with E-state index in [1.165, 1.54) is 17.8 Å². The summed E-state index contributed by atoms with van der Waals surface area (Å²) in [5.74, 6) is -0.897. The van der Waals surface area contributed by atoms with Crippen molar-refractivity contribution >= 4 is 22.4 Å². The van der Waals surface area contributed by atoms with Crippen molar-refractivity contribution in [3.63, 3.8) is 0 Å². The van der Waals surface area contributed by atoms with E-state index in [0.29, 0.717) is 10.6 Å². The van der Waals surface area contributed by atoms with E-state index in [1.807, 2.05) is 32.7 Å². The van der Waals surface area contributed by atoms with Crippen LogP contribution in [-0.2, 0) is 10.2 Å². The highest BCUT2D eigenvalue weighted by atomic mass is 32.1. The Bertz CT molecular complexity index is 502. The second kappa shape index (κ2) is 6.32. The molecule has 1 N–H and O–H groups in total. The Balaban J connectivity index is 2.17. The standard InChI is InChI=1S/C15H24N2O3S/c1-15(2,3)12-11(13(18)19)21-14(16-12)17(4)9-10-7-5-6-8-20-10/h10H,5-9H2,1-4H3,(H,18,19). The summed E-state index contributed by atoms with van der Waals surface area (Å²) in [6, 6.07) is 0. The molecule has 0 saturated carbocycles. The lowest BCUT2D eigenvalue weighted by atomic mass is 9.91. The van der Waals surface area contributed by atoms with Gasteiger partial charge in [0.05, 0.1) is 11.8 Å². The van der Waals surface area contributed by atoms with E-state index >= 15 is 0 Å². The lowest BCUT2D eigenvalue weighted by molar-refractivity contribution is 0.0216. The Morgan fingerprint density at radius 2 is 2.19 bits per heavy atom. The topological polar surface area (TPSA) is 62.7 Å². The summed E-state index contributed by atoms with van der Waals surface area (Å²) in [4.78, 5) is 18.4. The molecule has 118 valence electrons. The zero-order valence-corrected chi connectivity index (χ0v) is 14.0. The summed E-state index contributed by atoms with van der Waals surface area (Å²) >= 11 is 1.25. The molecule has 0 aliphatic carbocycles. The molecule has 1 aromatic heterocycles. The lowest BCUT2D eigenvalue weighted by Gasteiger charge is -2.27. The van der Waals surface area contributed by atoms with Gasteiger partial charge in [0.15, 0.2) is 5.13 Å². The van der Waals surface area contributed by atoms with E-state index in [-0.39, 0.29) is 11.5 Å². The molecule has 21 heavy (non-hydrogen) atoms. The van der Waals surface area contributed by atoms with Crippen LogP contribution in [0.1, 0.15) is 55.4 Å². The van der Waals surface area contributed by atoms with Crippen molar-refractivity contribution in [3.05, 3.63) is 10.6 Å². The molecular formula is C15H24N2O3S. The van der Waals surface area contributed by atoms with Gasteiger partial charge < -0.3 is 14.7 Å². The van der Waals surface area contributed by atoms with Crippen molar-refractivity contribution in [3.8, 4) is 0 Å². The van der Waals surface area contributed by atoms with Gasteiger partial charge in [-0.05, 0) is 19.3 Å². The normalized spacial score (nSPS) is 19.5. The number of carboxylic acids is 1. The van der Waals surface area contributed by atoms with Crippen molar-refractivity contribution in [1.82, 2.24) is 4.98 Å². The summed E-state index contributed by atoms with van der Waals surface area (Å²) in [7, 11) is 1.95. The molecule has 1 aliphatic rings. The van der Waals surface area contributed by atoms with Crippen LogP contribution in [0.25, 0.3) is 0 Å². The van der Waals surface area contributed by atoms with Gasteiger partial charge in [-0.1, -0.05) is 32.1 Å². The molecule has 6 heteroatoms.